The molecule has 1 unspecified atom stereocenters. The lowest BCUT2D eigenvalue weighted by Crippen LogP contribution is -2.68. The molecule has 0 aromatic heterocycles. The third kappa shape index (κ3) is 4.84. The molecule has 23 heavy (non-hydrogen) atoms. The van der Waals surface area contributed by atoms with E-state index >= 15 is 0 Å². The normalized spacial score (nSPS) is 21.3. The molecular formula is C16H27NO6. The number of esters is 2. The van der Waals surface area contributed by atoms with Gasteiger partial charge in [0.2, 0.25) is 0 Å². The van der Waals surface area contributed by atoms with Gasteiger partial charge in [0.1, 0.15) is 11.2 Å². The van der Waals surface area contributed by atoms with Crippen LogP contribution in [0.3, 0.4) is 0 Å². The third-order valence-corrected chi connectivity index (χ3v) is 3.30. The smallest absolute Gasteiger partial charge is 0.411 e. The number of nitrogens with zero attached hydrogens (tertiary/aromatic N) is 1. The first-order valence-corrected chi connectivity index (χ1v) is 7.62. The summed E-state index contributed by atoms with van der Waals surface area (Å²) in [7, 11) is 1.23. The van der Waals surface area contributed by atoms with Crippen LogP contribution >= 0.6 is 0 Å². The van der Waals surface area contributed by atoms with Crippen molar-refractivity contribution < 1.29 is 28.6 Å². The van der Waals surface area contributed by atoms with Gasteiger partial charge in [-0.1, -0.05) is 0 Å². The van der Waals surface area contributed by atoms with Crippen molar-refractivity contribution >= 4 is 18.0 Å². The van der Waals surface area contributed by atoms with E-state index in [1.54, 1.807) is 41.5 Å². The van der Waals surface area contributed by atoms with Crippen LogP contribution in [0.2, 0.25) is 0 Å². The summed E-state index contributed by atoms with van der Waals surface area (Å²) in [5.74, 6) is -1.20. The lowest BCUT2D eigenvalue weighted by atomic mass is 9.81. The quantitative estimate of drug-likeness (QED) is 0.583. The summed E-state index contributed by atoms with van der Waals surface area (Å²) in [6.45, 7) is 10.7. The summed E-state index contributed by atoms with van der Waals surface area (Å²) in [6, 6.07) is 0. The van der Waals surface area contributed by atoms with Crippen molar-refractivity contribution in [3.8, 4) is 0 Å². The summed E-state index contributed by atoms with van der Waals surface area (Å²) in [5.41, 5.74) is -2.71. The molecular weight excluding hydrogens is 302 g/mol. The monoisotopic (exact) mass is 329 g/mol. The van der Waals surface area contributed by atoms with Gasteiger partial charge >= 0.3 is 18.0 Å². The molecule has 1 heterocycles. The van der Waals surface area contributed by atoms with Gasteiger partial charge in [0.15, 0.2) is 5.54 Å². The lowest BCUT2D eigenvalue weighted by molar-refractivity contribution is -0.175. The second kappa shape index (κ2) is 6.37. The fourth-order valence-electron chi connectivity index (χ4n) is 2.35. The Balaban J connectivity index is 2.94. The number of likely N-dealkylation sites (tertiary alicyclic amines) is 1. The molecule has 0 aliphatic carbocycles. The summed E-state index contributed by atoms with van der Waals surface area (Å²) in [6.07, 6.45) is -0.563. The van der Waals surface area contributed by atoms with Crippen molar-refractivity contribution in [1.82, 2.24) is 4.90 Å². The third-order valence-electron chi connectivity index (χ3n) is 3.30. The zero-order valence-corrected chi connectivity index (χ0v) is 15.0. The molecule has 1 aliphatic rings. The number of rotatable bonds is 3. The minimum atomic E-state index is -1.35. The number of hydrogen-bond donors (Lipinski definition) is 0. The second-order valence-electron chi connectivity index (χ2n) is 7.67. The summed E-state index contributed by atoms with van der Waals surface area (Å²) < 4.78 is 15.4. The minimum absolute atomic E-state index is 0.254. The predicted molar refractivity (Wildman–Crippen MR) is 82.8 cm³/mol. The van der Waals surface area contributed by atoms with Crippen LogP contribution < -0.4 is 0 Å². The predicted octanol–water partition coefficient (Wildman–Crippen LogP) is 2.27. The van der Waals surface area contributed by atoms with E-state index in [2.05, 4.69) is 0 Å². The van der Waals surface area contributed by atoms with Crippen molar-refractivity contribution in [2.45, 2.75) is 71.1 Å². The molecule has 0 aromatic rings. The Hall–Kier alpha value is -1.79. The van der Waals surface area contributed by atoms with Gasteiger partial charge in [0, 0.05) is 6.54 Å². The van der Waals surface area contributed by atoms with Crippen molar-refractivity contribution in [3.05, 3.63) is 0 Å². The average molecular weight is 329 g/mol. The van der Waals surface area contributed by atoms with E-state index in [4.69, 9.17) is 14.2 Å². The van der Waals surface area contributed by atoms with Gasteiger partial charge in [-0.25, -0.2) is 9.59 Å². The molecule has 0 radical (unpaired) electrons. The highest BCUT2D eigenvalue weighted by Crippen LogP contribution is 2.37. The largest absolute Gasteiger partial charge is 0.467 e. The molecule has 132 valence electrons. The standard InChI is InChI=1S/C16H27NO6/c1-14(2,3)22-11(18)10-16(12(19)21-7)8-9-17(16)13(20)23-15(4,5)6/h8-10H2,1-7H3. The topological polar surface area (TPSA) is 82.1 Å². The first-order valence-electron chi connectivity index (χ1n) is 7.62. The van der Waals surface area contributed by atoms with Gasteiger partial charge in [-0.3, -0.25) is 9.69 Å². The van der Waals surface area contributed by atoms with Gasteiger partial charge in [0.05, 0.1) is 13.5 Å². The van der Waals surface area contributed by atoms with Crippen molar-refractivity contribution in [2.24, 2.45) is 0 Å². The Bertz CT molecular complexity index is 488. The first kappa shape index (κ1) is 19.3. The Morgan fingerprint density at radius 3 is 1.87 bits per heavy atom. The van der Waals surface area contributed by atoms with Crippen LogP contribution in [0.5, 0.6) is 0 Å². The molecule has 1 amide bonds. The molecule has 0 aromatic carbocycles. The second-order valence-corrected chi connectivity index (χ2v) is 7.67. The summed E-state index contributed by atoms with van der Waals surface area (Å²) >= 11 is 0. The fraction of sp³-hybridized carbons (Fsp3) is 0.812. The van der Waals surface area contributed by atoms with E-state index in [9.17, 15) is 14.4 Å². The van der Waals surface area contributed by atoms with E-state index in [0.717, 1.165) is 0 Å². The Labute approximate surface area is 137 Å². The number of carbonyl (C=O) groups is 3. The fourth-order valence-corrected chi connectivity index (χ4v) is 2.35. The van der Waals surface area contributed by atoms with Crippen molar-refractivity contribution in [3.63, 3.8) is 0 Å². The van der Waals surface area contributed by atoms with E-state index < -0.39 is 34.8 Å². The van der Waals surface area contributed by atoms with Crippen LogP contribution in [0, 0.1) is 0 Å². The van der Waals surface area contributed by atoms with Crippen LogP contribution in [0.4, 0.5) is 4.79 Å². The van der Waals surface area contributed by atoms with Gasteiger partial charge in [-0.05, 0) is 48.0 Å². The first-order chi connectivity index (χ1) is 10.3. The number of amides is 1. The molecule has 7 nitrogen and oxygen atoms in total. The van der Waals surface area contributed by atoms with Gasteiger partial charge in [-0.2, -0.15) is 0 Å². The van der Waals surface area contributed by atoms with Crippen molar-refractivity contribution in [2.75, 3.05) is 13.7 Å². The molecule has 1 fully saturated rings. The molecule has 0 bridgehead atoms. The van der Waals surface area contributed by atoms with E-state index in [-0.39, 0.29) is 6.42 Å². The SMILES string of the molecule is COC(=O)C1(CC(=O)OC(C)(C)C)CCN1C(=O)OC(C)(C)C. The van der Waals surface area contributed by atoms with Gasteiger partial charge in [0.25, 0.3) is 0 Å². The summed E-state index contributed by atoms with van der Waals surface area (Å²) in [5, 5.41) is 0. The van der Waals surface area contributed by atoms with Crippen LogP contribution in [-0.2, 0) is 23.8 Å². The summed E-state index contributed by atoms with van der Waals surface area (Å²) in [4.78, 5) is 37.9. The number of ether oxygens (including phenoxy) is 3. The van der Waals surface area contributed by atoms with Crippen molar-refractivity contribution in [1.29, 1.82) is 0 Å². The maximum atomic E-state index is 12.3. The van der Waals surface area contributed by atoms with Gasteiger partial charge < -0.3 is 14.2 Å². The van der Waals surface area contributed by atoms with Crippen LogP contribution in [0.1, 0.15) is 54.4 Å². The van der Waals surface area contributed by atoms with Gasteiger partial charge in [-0.15, -0.1) is 0 Å². The van der Waals surface area contributed by atoms with Crippen LogP contribution in [0.15, 0.2) is 0 Å². The molecule has 1 aliphatic heterocycles. The molecule has 1 saturated heterocycles. The zero-order valence-electron chi connectivity index (χ0n) is 15.0. The maximum absolute atomic E-state index is 12.3. The molecule has 0 spiro atoms. The lowest BCUT2D eigenvalue weighted by Gasteiger charge is -2.49. The Morgan fingerprint density at radius 2 is 1.52 bits per heavy atom. The highest BCUT2D eigenvalue weighted by molar-refractivity contribution is 5.92. The Kier molecular flexibility index (Phi) is 5.34. The number of carbonyl (C=O) groups excluding carboxylic acids is 3. The van der Waals surface area contributed by atoms with Crippen LogP contribution in [-0.4, -0.2) is 53.3 Å². The number of hydrogen-bond acceptors (Lipinski definition) is 6. The molecule has 0 saturated carbocycles. The number of methoxy groups -OCH3 is 1. The van der Waals surface area contributed by atoms with E-state index in [1.165, 1.54) is 12.0 Å². The molecule has 0 N–H and O–H groups in total. The Morgan fingerprint density at radius 1 is 1.00 bits per heavy atom. The van der Waals surface area contributed by atoms with E-state index in [0.29, 0.717) is 13.0 Å². The molecule has 1 atom stereocenters. The van der Waals surface area contributed by atoms with E-state index in [1.807, 2.05) is 0 Å². The molecule has 1 rings (SSSR count). The average Bonchev–Trinajstić information content (AvgIpc) is 2.28. The van der Waals surface area contributed by atoms with Crippen LogP contribution in [0.25, 0.3) is 0 Å². The highest BCUT2D eigenvalue weighted by Gasteiger charge is 2.57. The highest BCUT2D eigenvalue weighted by atomic mass is 16.6. The maximum Gasteiger partial charge on any atom is 0.411 e. The molecule has 7 heteroatoms. The minimum Gasteiger partial charge on any atom is -0.467 e. The zero-order chi connectivity index (χ0) is 18.1.